The average molecular weight is 427 g/mol. The number of hydrogen-bond acceptors (Lipinski definition) is 5. The molecular weight excluding hydrogens is 406 g/mol. The molecule has 1 saturated heterocycles. The molecule has 160 valence electrons. The van der Waals surface area contributed by atoms with Gasteiger partial charge in [0.05, 0.1) is 35.2 Å². The molecule has 1 aliphatic rings. The van der Waals surface area contributed by atoms with E-state index in [1.165, 1.54) is 6.08 Å². The molecule has 8 nitrogen and oxygen atoms in total. The summed E-state index contributed by atoms with van der Waals surface area (Å²) in [4.78, 5) is 35.5. The van der Waals surface area contributed by atoms with Crippen LogP contribution in [0.4, 0.5) is 0 Å². The fraction of sp³-hybridized carbons (Fsp3) is 0.167. The molecule has 1 atom stereocenters. The number of carbonyl (C=O) groups is 1. The highest BCUT2D eigenvalue weighted by Crippen LogP contribution is 2.27. The van der Waals surface area contributed by atoms with E-state index in [2.05, 4.69) is 16.5 Å². The molecule has 1 aliphatic heterocycles. The van der Waals surface area contributed by atoms with Crippen LogP contribution in [0.15, 0.2) is 84.7 Å². The van der Waals surface area contributed by atoms with E-state index in [4.69, 9.17) is 4.74 Å². The first kappa shape index (κ1) is 19.7. The molecular formula is C24H21N5O3. The van der Waals surface area contributed by atoms with Crippen LogP contribution in [-0.4, -0.2) is 43.0 Å². The molecule has 1 amide bonds. The van der Waals surface area contributed by atoms with Crippen LogP contribution < -0.4 is 10.4 Å². The lowest BCUT2D eigenvalue weighted by Gasteiger charge is -2.15. The van der Waals surface area contributed by atoms with Gasteiger partial charge in [-0.2, -0.15) is 0 Å². The predicted molar refractivity (Wildman–Crippen MR) is 120 cm³/mol. The van der Waals surface area contributed by atoms with Crippen molar-refractivity contribution >= 4 is 16.9 Å². The van der Waals surface area contributed by atoms with Gasteiger partial charge in [-0.05, 0) is 55.0 Å². The van der Waals surface area contributed by atoms with Crippen LogP contribution in [0.25, 0.3) is 16.7 Å². The molecule has 1 unspecified atom stereocenters. The van der Waals surface area contributed by atoms with Crippen molar-refractivity contribution in [3.8, 4) is 17.2 Å². The molecule has 5 rings (SSSR count). The minimum atomic E-state index is -0.160. The topological polar surface area (TPSA) is 82.2 Å². The van der Waals surface area contributed by atoms with Gasteiger partial charge in [0.2, 0.25) is 5.91 Å². The van der Waals surface area contributed by atoms with Gasteiger partial charge in [0.15, 0.2) is 0 Å². The Labute approximate surface area is 184 Å². The van der Waals surface area contributed by atoms with Crippen molar-refractivity contribution in [2.24, 2.45) is 0 Å². The second-order valence-electron chi connectivity index (χ2n) is 7.57. The third kappa shape index (κ3) is 3.45. The smallest absolute Gasteiger partial charge is 0.334 e. The van der Waals surface area contributed by atoms with E-state index in [0.29, 0.717) is 42.2 Å². The molecule has 0 spiro atoms. The zero-order chi connectivity index (χ0) is 22.1. The van der Waals surface area contributed by atoms with Crippen molar-refractivity contribution in [2.45, 2.75) is 12.5 Å². The van der Waals surface area contributed by atoms with Crippen LogP contribution in [0, 0.1) is 0 Å². The van der Waals surface area contributed by atoms with Gasteiger partial charge in [-0.1, -0.05) is 6.58 Å². The fourth-order valence-corrected chi connectivity index (χ4v) is 4.16. The lowest BCUT2D eigenvalue weighted by Crippen LogP contribution is -2.31. The fourth-order valence-electron chi connectivity index (χ4n) is 4.16. The summed E-state index contributed by atoms with van der Waals surface area (Å²) < 4.78 is 9.22. The van der Waals surface area contributed by atoms with Crippen molar-refractivity contribution in [1.29, 1.82) is 0 Å². The predicted octanol–water partition coefficient (Wildman–Crippen LogP) is 3.33. The maximum absolute atomic E-state index is 13.5. The molecule has 1 fully saturated rings. The summed E-state index contributed by atoms with van der Waals surface area (Å²) in [6.45, 7) is 4.64. The Kier molecular flexibility index (Phi) is 5.03. The van der Waals surface area contributed by atoms with Gasteiger partial charge in [-0.3, -0.25) is 23.9 Å². The van der Waals surface area contributed by atoms with Crippen LogP contribution in [0.5, 0.6) is 11.5 Å². The monoisotopic (exact) mass is 427 g/mol. The highest BCUT2D eigenvalue weighted by atomic mass is 16.5. The summed E-state index contributed by atoms with van der Waals surface area (Å²) in [7, 11) is 0. The first-order valence-corrected chi connectivity index (χ1v) is 10.3. The van der Waals surface area contributed by atoms with Gasteiger partial charge in [0.25, 0.3) is 0 Å². The molecule has 0 N–H and O–H groups in total. The lowest BCUT2D eigenvalue weighted by molar-refractivity contribution is -0.125. The van der Waals surface area contributed by atoms with E-state index in [0.717, 1.165) is 5.52 Å². The molecule has 4 heterocycles. The molecule has 4 aromatic rings. The van der Waals surface area contributed by atoms with Gasteiger partial charge in [0.1, 0.15) is 11.5 Å². The maximum Gasteiger partial charge on any atom is 0.334 e. The number of hydrogen-bond donors (Lipinski definition) is 0. The van der Waals surface area contributed by atoms with Gasteiger partial charge in [-0.25, -0.2) is 4.79 Å². The number of imidazole rings is 1. The Morgan fingerprint density at radius 3 is 2.59 bits per heavy atom. The normalized spacial score (nSPS) is 15.8. The third-order valence-electron chi connectivity index (χ3n) is 5.66. The Morgan fingerprint density at radius 1 is 1.03 bits per heavy atom. The second-order valence-corrected chi connectivity index (χ2v) is 7.57. The van der Waals surface area contributed by atoms with Crippen molar-refractivity contribution in [2.75, 3.05) is 13.1 Å². The number of rotatable bonds is 5. The van der Waals surface area contributed by atoms with Crippen molar-refractivity contribution in [1.82, 2.24) is 24.0 Å². The second kappa shape index (κ2) is 8.14. The summed E-state index contributed by atoms with van der Waals surface area (Å²) in [5.74, 6) is 1.17. The minimum Gasteiger partial charge on any atom is -0.456 e. The van der Waals surface area contributed by atoms with E-state index in [9.17, 15) is 9.59 Å². The van der Waals surface area contributed by atoms with E-state index in [1.54, 1.807) is 44.9 Å². The van der Waals surface area contributed by atoms with Crippen molar-refractivity contribution in [3.05, 3.63) is 90.4 Å². The molecule has 0 radical (unpaired) electrons. The third-order valence-corrected chi connectivity index (χ3v) is 5.66. The number of carbonyl (C=O) groups excluding carboxylic acids is 1. The number of likely N-dealkylation sites (tertiary alicyclic amines) is 1. The highest BCUT2D eigenvalue weighted by molar-refractivity contribution is 5.87. The Balaban J connectivity index is 1.51. The number of aromatic nitrogens is 4. The average Bonchev–Trinajstić information content (AvgIpc) is 3.42. The van der Waals surface area contributed by atoms with Crippen molar-refractivity contribution < 1.29 is 9.53 Å². The molecule has 0 saturated carbocycles. The standard InChI is InChI=1S/C24H21N5O3/c1-2-23(30)27-13-10-18(16-27)29-21-9-12-26-15-22(21)28(24(29)31)17-5-7-19(8-6-17)32-20-4-3-11-25-14-20/h2-9,11-12,14-15,18H,1,10,13,16H2. The molecule has 0 bridgehead atoms. The Hall–Kier alpha value is -4.20. The van der Waals surface area contributed by atoms with Gasteiger partial charge in [-0.15, -0.1) is 0 Å². The molecule has 3 aromatic heterocycles. The number of fused-ring (bicyclic) bond motifs is 1. The van der Waals surface area contributed by atoms with Crippen LogP contribution in [0.3, 0.4) is 0 Å². The quantitative estimate of drug-likeness (QED) is 0.456. The summed E-state index contributed by atoms with van der Waals surface area (Å²) in [5, 5.41) is 0. The SMILES string of the molecule is C=CC(=O)N1CCC(n2c(=O)n(-c3ccc(Oc4cccnc4)cc3)c3cnccc32)C1. The first-order chi connectivity index (χ1) is 15.7. The first-order valence-electron chi connectivity index (χ1n) is 10.3. The minimum absolute atomic E-state index is 0.106. The summed E-state index contributed by atoms with van der Waals surface area (Å²) in [6, 6.07) is 12.7. The van der Waals surface area contributed by atoms with E-state index in [-0.39, 0.29) is 17.6 Å². The van der Waals surface area contributed by atoms with Crippen LogP contribution in [-0.2, 0) is 4.79 Å². The number of amides is 1. The Morgan fingerprint density at radius 2 is 1.84 bits per heavy atom. The van der Waals surface area contributed by atoms with E-state index in [1.807, 2.05) is 36.4 Å². The number of nitrogens with zero attached hydrogens (tertiary/aromatic N) is 5. The van der Waals surface area contributed by atoms with Gasteiger partial charge >= 0.3 is 5.69 Å². The number of benzene rings is 1. The molecule has 8 heteroatoms. The van der Waals surface area contributed by atoms with E-state index >= 15 is 0 Å². The molecule has 0 aliphatic carbocycles. The van der Waals surface area contributed by atoms with Gasteiger partial charge in [0, 0.05) is 25.5 Å². The van der Waals surface area contributed by atoms with Crippen molar-refractivity contribution in [3.63, 3.8) is 0 Å². The summed E-state index contributed by atoms with van der Waals surface area (Å²) in [6.07, 6.45) is 8.71. The number of ether oxygens (including phenoxy) is 1. The largest absolute Gasteiger partial charge is 0.456 e. The Bertz CT molecular complexity index is 1340. The van der Waals surface area contributed by atoms with Gasteiger partial charge < -0.3 is 9.64 Å². The highest BCUT2D eigenvalue weighted by Gasteiger charge is 2.29. The zero-order valence-electron chi connectivity index (χ0n) is 17.3. The van der Waals surface area contributed by atoms with Crippen LogP contribution in [0.1, 0.15) is 12.5 Å². The van der Waals surface area contributed by atoms with Crippen LogP contribution >= 0.6 is 0 Å². The lowest BCUT2D eigenvalue weighted by atomic mass is 10.2. The maximum atomic E-state index is 13.5. The molecule has 32 heavy (non-hydrogen) atoms. The molecule has 1 aromatic carbocycles. The summed E-state index contributed by atoms with van der Waals surface area (Å²) >= 11 is 0. The summed E-state index contributed by atoms with van der Waals surface area (Å²) in [5.41, 5.74) is 2.06. The number of pyridine rings is 2. The van der Waals surface area contributed by atoms with E-state index < -0.39 is 0 Å². The van der Waals surface area contributed by atoms with Crippen LogP contribution in [0.2, 0.25) is 0 Å². The zero-order valence-corrected chi connectivity index (χ0v) is 17.3.